The highest BCUT2D eigenvalue weighted by Crippen LogP contribution is 2.31. The highest BCUT2D eigenvalue weighted by atomic mass is 16.6. The Labute approximate surface area is 147 Å². The molecule has 1 fully saturated rings. The summed E-state index contributed by atoms with van der Waals surface area (Å²) in [5, 5.41) is 16.3. The van der Waals surface area contributed by atoms with Crippen molar-refractivity contribution in [2.24, 2.45) is 0 Å². The molecule has 0 spiro atoms. The van der Waals surface area contributed by atoms with E-state index < -0.39 is 6.23 Å². The van der Waals surface area contributed by atoms with E-state index in [1.165, 1.54) is 0 Å². The number of hydrogen-bond acceptors (Lipinski definition) is 8. The first kappa shape index (κ1) is 21.1. The van der Waals surface area contributed by atoms with Gasteiger partial charge in [0.1, 0.15) is 11.9 Å². The Morgan fingerprint density at radius 2 is 2.16 bits per heavy atom. The smallest absolute Gasteiger partial charge is 0.261 e. The summed E-state index contributed by atoms with van der Waals surface area (Å²) in [6.45, 7) is 4.46. The van der Waals surface area contributed by atoms with Crippen molar-refractivity contribution in [3.05, 3.63) is 22.0 Å². The molecule has 3 atom stereocenters. The Morgan fingerprint density at radius 1 is 1.48 bits per heavy atom. The lowest BCUT2D eigenvalue weighted by atomic mass is 10.1. The summed E-state index contributed by atoms with van der Waals surface area (Å²) in [5.41, 5.74) is 5.79. The highest BCUT2D eigenvalue weighted by molar-refractivity contribution is 5.68. The van der Waals surface area contributed by atoms with Crippen molar-refractivity contribution < 1.29 is 19.7 Å². The summed E-state index contributed by atoms with van der Waals surface area (Å²) in [6, 6.07) is 0. The van der Waals surface area contributed by atoms with Gasteiger partial charge in [-0.3, -0.25) is 9.78 Å². The minimum absolute atomic E-state index is 0.0599. The number of aromatic amines is 1. The molecule has 1 saturated heterocycles. The molecule has 2 aliphatic heterocycles. The molecular weight excluding hydrogens is 328 g/mol. The van der Waals surface area contributed by atoms with Crippen molar-refractivity contribution in [3.8, 4) is 0 Å². The predicted octanol–water partition coefficient (Wildman–Crippen LogP) is -0.0577. The SMILES string of the molecule is CC.CO.CO[C@@H]1CC(CO)OC1N1CC=Cc2c1nc(N)[nH]c2=O. The molecule has 1 aromatic rings. The Hall–Kier alpha value is -1.94. The number of methoxy groups -OCH3 is 1. The van der Waals surface area contributed by atoms with Gasteiger partial charge in [0.2, 0.25) is 5.95 Å². The van der Waals surface area contributed by atoms with E-state index in [0.29, 0.717) is 24.3 Å². The van der Waals surface area contributed by atoms with Crippen LogP contribution in [0.1, 0.15) is 25.8 Å². The second-order valence-corrected chi connectivity index (χ2v) is 5.08. The molecule has 0 amide bonds. The molecule has 0 aromatic carbocycles. The van der Waals surface area contributed by atoms with Crippen LogP contribution in [0.4, 0.5) is 11.8 Å². The summed E-state index contributed by atoms with van der Waals surface area (Å²) < 4.78 is 11.3. The lowest BCUT2D eigenvalue weighted by Crippen LogP contribution is -2.45. The number of aliphatic hydroxyl groups excluding tert-OH is 2. The van der Waals surface area contributed by atoms with Gasteiger partial charge in [0.25, 0.3) is 5.56 Å². The minimum atomic E-state index is -0.412. The molecule has 9 heteroatoms. The van der Waals surface area contributed by atoms with Crippen LogP contribution in [0.3, 0.4) is 0 Å². The normalized spacial score (nSPS) is 23.9. The van der Waals surface area contributed by atoms with Crippen LogP contribution in [-0.4, -0.2) is 66.0 Å². The van der Waals surface area contributed by atoms with Gasteiger partial charge in [0.05, 0.1) is 18.3 Å². The molecule has 5 N–H and O–H groups in total. The number of aromatic nitrogens is 2. The number of nitrogens with two attached hydrogens (primary N) is 1. The second kappa shape index (κ2) is 10.1. The van der Waals surface area contributed by atoms with E-state index >= 15 is 0 Å². The highest BCUT2D eigenvalue weighted by Gasteiger charge is 2.40. The molecular formula is C16H28N4O5. The number of nitrogens with zero attached hydrogens (tertiary/aromatic N) is 2. The van der Waals surface area contributed by atoms with Crippen molar-refractivity contribution in [2.45, 2.75) is 38.7 Å². The van der Waals surface area contributed by atoms with Gasteiger partial charge in [-0.1, -0.05) is 19.9 Å². The molecule has 2 unspecified atom stereocenters. The van der Waals surface area contributed by atoms with Crippen LogP contribution < -0.4 is 16.2 Å². The zero-order chi connectivity index (χ0) is 19.0. The first-order valence-electron chi connectivity index (χ1n) is 8.21. The lowest BCUT2D eigenvalue weighted by molar-refractivity contribution is -0.0198. The van der Waals surface area contributed by atoms with Crippen molar-refractivity contribution in [1.29, 1.82) is 0 Å². The summed E-state index contributed by atoms with van der Waals surface area (Å²) in [5.74, 6) is 0.536. The molecule has 3 heterocycles. The minimum Gasteiger partial charge on any atom is -0.400 e. The lowest BCUT2D eigenvalue weighted by Gasteiger charge is -2.34. The molecule has 0 radical (unpaired) electrons. The zero-order valence-electron chi connectivity index (χ0n) is 15.1. The van der Waals surface area contributed by atoms with Crippen molar-refractivity contribution in [1.82, 2.24) is 9.97 Å². The standard InChI is InChI=1S/C13H18N4O4.C2H6.CH4O/c1-20-9-5-7(6-18)21-12(9)17-4-2-3-8-10(17)15-13(14)16-11(8)19;2*1-2/h2-3,7,9,12,18H,4-6H2,1H3,(H3,14,15,16,19);1-2H3;2H,1H3/t7?,9-,12?;;/m1../s1. The molecule has 0 bridgehead atoms. The number of hydrogen-bond donors (Lipinski definition) is 4. The quantitative estimate of drug-likeness (QED) is 0.592. The first-order chi connectivity index (χ1) is 12.1. The summed E-state index contributed by atoms with van der Waals surface area (Å²) in [6.07, 6.45) is 3.27. The fourth-order valence-corrected chi connectivity index (χ4v) is 2.77. The van der Waals surface area contributed by atoms with Gasteiger partial charge in [-0.25, -0.2) is 0 Å². The van der Waals surface area contributed by atoms with Gasteiger partial charge >= 0.3 is 0 Å². The molecule has 142 valence electrons. The van der Waals surface area contributed by atoms with E-state index in [4.69, 9.17) is 20.3 Å². The number of fused-ring (bicyclic) bond motifs is 1. The van der Waals surface area contributed by atoms with Gasteiger partial charge < -0.3 is 30.3 Å². The number of nitrogen functional groups attached to an aromatic ring is 1. The van der Waals surface area contributed by atoms with E-state index in [0.717, 1.165) is 7.11 Å². The van der Waals surface area contributed by atoms with Crippen molar-refractivity contribution >= 4 is 17.8 Å². The molecule has 2 aliphatic rings. The maximum Gasteiger partial charge on any atom is 0.261 e. The molecule has 25 heavy (non-hydrogen) atoms. The number of anilines is 2. The summed E-state index contributed by atoms with van der Waals surface area (Å²) in [4.78, 5) is 20.5. The second-order valence-electron chi connectivity index (χ2n) is 5.08. The maximum absolute atomic E-state index is 12.0. The topological polar surface area (TPSA) is 134 Å². The van der Waals surface area contributed by atoms with Crippen LogP contribution in [0.15, 0.2) is 10.9 Å². The van der Waals surface area contributed by atoms with Gasteiger partial charge in [-0.15, -0.1) is 0 Å². The first-order valence-corrected chi connectivity index (χ1v) is 8.21. The molecule has 0 saturated carbocycles. The molecule has 9 nitrogen and oxygen atoms in total. The Kier molecular flexibility index (Phi) is 8.56. The number of nitrogens with one attached hydrogen (secondary N) is 1. The number of aliphatic hydroxyl groups is 2. The number of H-pyrrole nitrogens is 1. The third-order valence-corrected chi connectivity index (χ3v) is 3.77. The van der Waals surface area contributed by atoms with Gasteiger partial charge in [-0.05, 0) is 6.08 Å². The van der Waals surface area contributed by atoms with E-state index in [2.05, 4.69) is 9.97 Å². The van der Waals surface area contributed by atoms with Gasteiger partial charge in [0.15, 0.2) is 6.23 Å². The number of rotatable bonds is 3. The average Bonchev–Trinajstić information content (AvgIpc) is 3.08. The van der Waals surface area contributed by atoms with Crippen molar-refractivity contribution in [3.63, 3.8) is 0 Å². The van der Waals surface area contributed by atoms with Crippen molar-refractivity contribution in [2.75, 3.05) is 38.0 Å². The zero-order valence-corrected chi connectivity index (χ0v) is 15.1. The Morgan fingerprint density at radius 3 is 2.76 bits per heavy atom. The fraction of sp³-hybridized carbons (Fsp3) is 0.625. The van der Waals surface area contributed by atoms with E-state index in [1.54, 1.807) is 13.2 Å². The number of ether oxygens (including phenoxy) is 2. The van der Waals surface area contributed by atoms with Gasteiger partial charge in [0, 0.05) is 27.2 Å². The summed E-state index contributed by atoms with van der Waals surface area (Å²) >= 11 is 0. The third-order valence-electron chi connectivity index (χ3n) is 3.77. The predicted molar refractivity (Wildman–Crippen MR) is 96.3 cm³/mol. The monoisotopic (exact) mass is 356 g/mol. The van der Waals surface area contributed by atoms with Crippen LogP contribution >= 0.6 is 0 Å². The Bertz CT molecular complexity index is 619. The third kappa shape index (κ3) is 4.57. The van der Waals surface area contributed by atoms with Crippen LogP contribution in [0.2, 0.25) is 0 Å². The van der Waals surface area contributed by atoms with Crippen LogP contribution in [0.5, 0.6) is 0 Å². The van der Waals surface area contributed by atoms with E-state index in [1.807, 2.05) is 24.8 Å². The molecule has 3 rings (SSSR count). The fourth-order valence-electron chi connectivity index (χ4n) is 2.77. The van der Waals surface area contributed by atoms with Crippen LogP contribution in [0.25, 0.3) is 6.08 Å². The molecule has 0 aliphatic carbocycles. The van der Waals surface area contributed by atoms with Crippen LogP contribution in [-0.2, 0) is 9.47 Å². The largest absolute Gasteiger partial charge is 0.400 e. The molecule has 1 aromatic heterocycles. The average molecular weight is 356 g/mol. The Balaban J connectivity index is 0.000000730. The van der Waals surface area contributed by atoms with E-state index in [9.17, 15) is 9.90 Å². The summed E-state index contributed by atoms with van der Waals surface area (Å²) in [7, 11) is 2.60. The maximum atomic E-state index is 12.0. The van der Waals surface area contributed by atoms with Crippen LogP contribution in [0, 0.1) is 0 Å². The van der Waals surface area contributed by atoms with Gasteiger partial charge in [-0.2, -0.15) is 4.98 Å². The van der Waals surface area contributed by atoms with E-state index in [-0.39, 0.29) is 30.3 Å².